The summed E-state index contributed by atoms with van der Waals surface area (Å²) in [5, 5.41) is 13.8. The van der Waals surface area contributed by atoms with Crippen LogP contribution < -0.4 is 5.73 Å². The van der Waals surface area contributed by atoms with E-state index in [1.165, 1.54) is 0 Å². The van der Waals surface area contributed by atoms with Crippen LogP contribution in [0.5, 0.6) is 0 Å². The van der Waals surface area contributed by atoms with Crippen LogP contribution >= 0.6 is 15.9 Å². The number of aliphatic hydroxyl groups excluding tert-OH is 1. The highest BCUT2D eigenvalue weighted by atomic mass is 79.9. The lowest BCUT2D eigenvalue weighted by atomic mass is 10.2. The van der Waals surface area contributed by atoms with Crippen molar-refractivity contribution in [2.45, 2.75) is 12.5 Å². The van der Waals surface area contributed by atoms with Crippen LogP contribution in [0.3, 0.4) is 0 Å². The van der Waals surface area contributed by atoms with Gasteiger partial charge in [0, 0.05) is 16.5 Å². The molecule has 0 radical (unpaired) electrons. The molecule has 0 saturated carbocycles. The molecule has 3 aromatic rings. The van der Waals surface area contributed by atoms with E-state index in [0.717, 1.165) is 15.4 Å². The van der Waals surface area contributed by atoms with Crippen molar-refractivity contribution < 1.29 is 9.63 Å². The molecule has 0 bridgehead atoms. The molecule has 1 unspecified atom stereocenters. The largest absolute Gasteiger partial charge is 0.396 e. The maximum Gasteiger partial charge on any atom is 0.244 e. The predicted molar refractivity (Wildman–Crippen MR) is 81.4 cm³/mol. The monoisotopic (exact) mass is 348 g/mol. The molecule has 0 saturated heterocycles. The number of fused-ring (bicyclic) bond motifs is 1. The summed E-state index contributed by atoms with van der Waals surface area (Å²) in [7, 11) is 0. The summed E-state index contributed by atoms with van der Waals surface area (Å²) in [5.74, 6) is 0.664. The third kappa shape index (κ3) is 2.80. The zero-order valence-electron chi connectivity index (χ0n) is 11.0. The van der Waals surface area contributed by atoms with Crippen molar-refractivity contribution in [2.24, 2.45) is 5.73 Å². The Kier molecular flexibility index (Phi) is 3.96. The number of aromatic nitrogens is 3. The van der Waals surface area contributed by atoms with Gasteiger partial charge in [0.2, 0.25) is 11.7 Å². The highest BCUT2D eigenvalue weighted by Crippen LogP contribution is 2.28. The zero-order valence-corrected chi connectivity index (χ0v) is 12.6. The highest BCUT2D eigenvalue weighted by Gasteiger charge is 2.18. The van der Waals surface area contributed by atoms with Crippen LogP contribution in [0.25, 0.3) is 22.4 Å². The Bertz CT molecular complexity index is 775. The van der Waals surface area contributed by atoms with E-state index in [1.807, 2.05) is 30.3 Å². The van der Waals surface area contributed by atoms with Crippen molar-refractivity contribution in [1.82, 2.24) is 15.1 Å². The van der Waals surface area contributed by atoms with E-state index < -0.39 is 6.04 Å². The molecule has 6 nitrogen and oxygen atoms in total. The van der Waals surface area contributed by atoms with Gasteiger partial charge in [0.1, 0.15) is 5.69 Å². The van der Waals surface area contributed by atoms with Crippen LogP contribution in [-0.4, -0.2) is 26.8 Å². The average molecular weight is 349 g/mol. The minimum absolute atomic E-state index is 0.0310. The average Bonchev–Trinajstić information content (AvgIpc) is 2.96. The molecule has 0 fully saturated rings. The maximum atomic E-state index is 8.89. The molecular weight excluding hydrogens is 336 g/mol. The third-order valence-electron chi connectivity index (χ3n) is 3.09. The van der Waals surface area contributed by atoms with Gasteiger partial charge < -0.3 is 15.4 Å². The quantitative estimate of drug-likeness (QED) is 0.751. The second kappa shape index (κ2) is 5.88. The molecule has 3 N–H and O–H groups in total. The molecule has 0 spiro atoms. The molecule has 108 valence electrons. The second-order valence-electron chi connectivity index (χ2n) is 4.59. The Labute approximate surface area is 129 Å². The second-order valence-corrected chi connectivity index (χ2v) is 5.44. The third-order valence-corrected chi connectivity index (χ3v) is 3.69. The SMILES string of the molecule is NC(CCO)c1nc(-c2nc3ccccc3cc2Br)no1. The Morgan fingerprint density at radius 2 is 2.10 bits per heavy atom. The predicted octanol–water partition coefficient (Wildman–Crippen LogP) is 2.43. The summed E-state index contributed by atoms with van der Waals surface area (Å²) in [6, 6.07) is 9.26. The summed E-state index contributed by atoms with van der Waals surface area (Å²) >= 11 is 3.48. The van der Waals surface area contributed by atoms with E-state index in [1.54, 1.807) is 0 Å². The number of rotatable bonds is 4. The van der Waals surface area contributed by atoms with Gasteiger partial charge in [-0.2, -0.15) is 4.98 Å². The first kappa shape index (κ1) is 14.1. The van der Waals surface area contributed by atoms with Crippen molar-refractivity contribution in [3.63, 3.8) is 0 Å². The fourth-order valence-electron chi connectivity index (χ4n) is 1.99. The van der Waals surface area contributed by atoms with Gasteiger partial charge >= 0.3 is 0 Å². The Morgan fingerprint density at radius 3 is 2.90 bits per heavy atom. The van der Waals surface area contributed by atoms with E-state index in [4.69, 9.17) is 15.4 Å². The standard InChI is InChI=1S/C14H13BrN4O2/c15-9-7-8-3-1-2-4-11(8)17-12(9)13-18-14(21-19-13)10(16)5-6-20/h1-4,7,10,20H,5-6,16H2. The van der Waals surface area contributed by atoms with Crippen molar-refractivity contribution >= 4 is 26.8 Å². The van der Waals surface area contributed by atoms with Gasteiger partial charge in [0.15, 0.2) is 0 Å². The normalized spacial score (nSPS) is 12.7. The number of hydrogen-bond donors (Lipinski definition) is 2. The molecule has 21 heavy (non-hydrogen) atoms. The lowest BCUT2D eigenvalue weighted by Gasteiger charge is -2.03. The molecule has 2 aromatic heterocycles. The molecule has 0 aliphatic rings. The first-order valence-electron chi connectivity index (χ1n) is 6.44. The van der Waals surface area contributed by atoms with E-state index in [2.05, 4.69) is 31.1 Å². The van der Waals surface area contributed by atoms with Gasteiger partial charge in [-0.05, 0) is 34.5 Å². The topological polar surface area (TPSA) is 98.1 Å². The summed E-state index contributed by atoms with van der Waals surface area (Å²) in [5.41, 5.74) is 7.28. The first-order valence-corrected chi connectivity index (χ1v) is 7.24. The van der Waals surface area contributed by atoms with E-state index in [-0.39, 0.29) is 6.61 Å². The molecular formula is C14H13BrN4O2. The number of nitrogens with zero attached hydrogens (tertiary/aromatic N) is 3. The molecule has 0 amide bonds. The van der Waals surface area contributed by atoms with Crippen molar-refractivity contribution in [3.8, 4) is 11.5 Å². The molecule has 0 aliphatic heterocycles. The van der Waals surface area contributed by atoms with Crippen LogP contribution in [0.4, 0.5) is 0 Å². The number of pyridine rings is 1. The number of hydrogen-bond acceptors (Lipinski definition) is 6. The number of nitrogens with two attached hydrogens (primary N) is 1. The summed E-state index contributed by atoms with van der Waals surface area (Å²) in [4.78, 5) is 8.80. The Balaban J connectivity index is 2.02. The number of aliphatic hydroxyl groups is 1. The number of halogens is 1. The van der Waals surface area contributed by atoms with Crippen molar-refractivity contribution in [2.75, 3.05) is 6.61 Å². The first-order chi connectivity index (χ1) is 10.2. The lowest BCUT2D eigenvalue weighted by Crippen LogP contribution is -2.12. The Morgan fingerprint density at radius 1 is 1.29 bits per heavy atom. The van der Waals surface area contributed by atoms with Gasteiger partial charge in [-0.15, -0.1) is 0 Å². The lowest BCUT2D eigenvalue weighted by molar-refractivity contribution is 0.259. The smallest absolute Gasteiger partial charge is 0.244 e. The fourth-order valence-corrected chi connectivity index (χ4v) is 2.50. The van der Waals surface area contributed by atoms with Crippen molar-refractivity contribution in [3.05, 3.63) is 40.7 Å². The Hall–Kier alpha value is -1.83. The summed E-state index contributed by atoms with van der Waals surface area (Å²) < 4.78 is 5.92. The van der Waals surface area contributed by atoms with Gasteiger partial charge in [-0.1, -0.05) is 23.4 Å². The molecule has 2 heterocycles. The van der Waals surface area contributed by atoms with E-state index in [9.17, 15) is 0 Å². The van der Waals surface area contributed by atoms with Gasteiger partial charge in [-0.25, -0.2) is 4.98 Å². The fraction of sp³-hybridized carbons (Fsp3) is 0.214. The van der Waals surface area contributed by atoms with Crippen LogP contribution in [0.1, 0.15) is 18.4 Å². The minimum Gasteiger partial charge on any atom is -0.396 e. The summed E-state index contributed by atoms with van der Waals surface area (Å²) in [6.45, 7) is -0.0310. The minimum atomic E-state index is -0.476. The van der Waals surface area contributed by atoms with Crippen LogP contribution in [0, 0.1) is 0 Å². The van der Waals surface area contributed by atoms with Gasteiger partial charge in [0.25, 0.3) is 0 Å². The highest BCUT2D eigenvalue weighted by molar-refractivity contribution is 9.10. The van der Waals surface area contributed by atoms with Crippen LogP contribution in [-0.2, 0) is 0 Å². The van der Waals surface area contributed by atoms with Crippen LogP contribution in [0.2, 0.25) is 0 Å². The van der Waals surface area contributed by atoms with E-state index >= 15 is 0 Å². The maximum absolute atomic E-state index is 8.89. The molecule has 1 atom stereocenters. The molecule has 0 aliphatic carbocycles. The zero-order chi connectivity index (χ0) is 14.8. The summed E-state index contributed by atoms with van der Waals surface area (Å²) in [6.07, 6.45) is 0.369. The van der Waals surface area contributed by atoms with E-state index in [0.29, 0.717) is 23.8 Å². The molecule has 3 rings (SSSR count). The van der Waals surface area contributed by atoms with Crippen molar-refractivity contribution in [1.29, 1.82) is 0 Å². The molecule has 7 heteroatoms. The molecule has 1 aromatic carbocycles. The number of benzene rings is 1. The van der Waals surface area contributed by atoms with Crippen LogP contribution in [0.15, 0.2) is 39.3 Å². The van der Waals surface area contributed by atoms with Gasteiger partial charge in [0.05, 0.1) is 11.6 Å². The van der Waals surface area contributed by atoms with Gasteiger partial charge in [-0.3, -0.25) is 0 Å². The number of para-hydroxylation sites is 1.